The molecule has 6 rings (SSSR count). The molecule has 0 saturated heterocycles. The van der Waals surface area contributed by atoms with Crippen LogP contribution in [0.15, 0.2) is 29.1 Å². The van der Waals surface area contributed by atoms with Gasteiger partial charge in [0.05, 0.1) is 10.9 Å². The van der Waals surface area contributed by atoms with Gasteiger partial charge in [-0.05, 0) is 73.8 Å². The molecule has 0 aliphatic heterocycles. The molecule has 2 N–H and O–H groups in total. The van der Waals surface area contributed by atoms with Crippen LogP contribution in [0.1, 0.15) is 50.8 Å². The maximum absolute atomic E-state index is 12.4. The van der Waals surface area contributed by atoms with Crippen molar-refractivity contribution in [2.45, 2.75) is 51.4 Å². The monoisotopic (exact) mass is 365 g/mol. The summed E-state index contributed by atoms with van der Waals surface area (Å²) in [5, 5.41) is 3.79. The van der Waals surface area contributed by atoms with Gasteiger partial charge in [-0.15, -0.1) is 0 Å². The molecular formula is C22H27N3O2. The standard InChI is InChI=1S/C22H27N3O2/c26-20(6-5-19-24-18-4-2-1-3-17(18)21(27)25-19)23-13-22-10-14-7-15(11-22)9-16(8-14)12-22/h1-4,14-16H,5-13H2,(H,23,26)(H,24,25,27). The Bertz CT molecular complexity index is 897. The third-order valence-corrected chi connectivity index (χ3v) is 7.08. The number of H-pyrrole nitrogens is 1. The van der Waals surface area contributed by atoms with E-state index in [1.165, 1.54) is 38.5 Å². The number of nitrogens with one attached hydrogen (secondary N) is 2. The summed E-state index contributed by atoms with van der Waals surface area (Å²) in [6.07, 6.45) is 9.02. The van der Waals surface area contributed by atoms with Gasteiger partial charge in [0.25, 0.3) is 5.56 Å². The molecule has 4 aliphatic carbocycles. The zero-order valence-electron chi connectivity index (χ0n) is 15.7. The van der Waals surface area contributed by atoms with E-state index in [9.17, 15) is 9.59 Å². The van der Waals surface area contributed by atoms with Crippen LogP contribution < -0.4 is 10.9 Å². The molecular weight excluding hydrogens is 338 g/mol. The predicted molar refractivity (Wildman–Crippen MR) is 104 cm³/mol. The number of aromatic amines is 1. The SMILES string of the molecule is O=C(CCc1nc2ccccc2c(=O)[nH]1)NCC12CC3CC(CC(C3)C1)C2. The van der Waals surface area contributed by atoms with Gasteiger partial charge in [0, 0.05) is 19.4 Å². The van der Waals surface area contributed by atoms with Gasteiger partial charge in [0.15, 0.2) is 0 Å². The van der Waals surface area contributed by atoms with Crippen LogP contribution in [0.2, 0.25) is 0 Å². The Morgan fingerprint density at radius 2 is 1.78 bits per heavy atom. The van der Waals surface area contributed by atoms with Gasteiger partial charge in [0.2, 0.25) is 5.91 Å². The summed E-state index contributed by atoms with van der Waals surface area (Å²) in [6, 6.07) is 7.30. The van der Waals surface area contributed by atoms with Crippen LogP contribution in [0.4, 0.5) is 0 Å². The van der Waals surface area contributed by atoms with Crippen LogP contribution in [0, 0.1) is 23.2 Å². The lowest BCUT2D eigenvalue weighted by atomic mass is 9.49. The number of fused-ring (bicyclic) bond motifs is 1. The highest BCUT2D eigenvalue weighted by molar-refractivity contribution is 5.78. The molecule has 5 heteroatoms. The van der Waals surface area contributed by atoms with Crippen molar-refractivity contribution in [1.82, 2.24) is 15.3 Å². The van der Waals surface area contributed by atoms with E-state index < -0.39 is 0 Å². The fraction of sp³-hybridized carbons (Fsp3) is 0.591. The first-order valence-electron chi connectivity index (χ1n) is 10.3. The first-order valence-corrected chi connectivity index (χ1v) is 10.3. The Labute approximate surface area is 159 Å². The van der Waals surface area contributed by atoms with Crippen molar-refractivity contribution in [3.63, 3.8) is 0 Å². The molecule has 5 nitrogen and oxygen atoms in total. The molecule has 4 bridgehead atoms. The number of rotatable bonds is 5. The molecule has 142 valence electrons. The van der Waals surface area contributed by atoms with Crippen molar-refractivity contribution in [2.24, 2.45) is 23.2 Å². The molecule has 1 aromatic carbocycles. The minimum absolute atomic E-state index is 0.0709. The number of aryl methyl sites for hydroxylation is 1. The highest BCUT2D eigenvalue weighted by Crippen LogP contribution is 2.59. The minimum Gasteiger partial charge on any atom is -0.356 e. The van der Waals surface area contributed by atoms with Crippen molar-refractivity contribution in [3.05, 3.63) is 40.4 Å². The second-order valence-electron chi connectivity index (χ2n) is 9.22. The maximum atomic E-state index is 12.4. The third kappa shape index (κ3) is 3.28. The van der Waals surface area contributed by atoms with E-state index in [2.05, 4.69) is 15.3 Å². The summed E-state index contributed by atoms with van der Waals surface area (Å²) >= 11 is 0. The summed E-state index contributed by atoms with van der Waals surface area (Å²) in [5.74, 6) is 3.37. The number of para-hydroxylation sites is 1. The van der Waals surface area contributed by atoms with Crippen LogP contribution in [0.3, 0.4) is 0 Å². The maximum Gasteiger partial charge on any atom is 0.258 e. The first-order chi connectivity index (χ1) is 13.1. The van der Waals surface area contributed by atoms with Gasteiger partial charge in [-0.2, -0.15) is 0 Å². The number of carbonyl (C=O) groups excluding carboxylic acids is 1. The second kappa shape index (κ2) is 6.47. The lowest BCUT2D eigenvalue weighted by Crippen LogP contribution is -2.51. The lowest BCUT2D eigenvalue weighted by Gasteiger charge is -2.56. The van der Waals surface area contributed by atoms with Crippen LogP contribution in [-0.4, -0.2) is 22.4 Å². The molecule has 0 spiro atoms. The Hall–Kier alpha value is -2.17. The number of hydrogen-bond donors (Lipinski definition) is 2. The van der Waals surface area contributed by atoms with Crippen molar-refractivity contribution in [3.8, 4) is 0 Å². The summed E-state index contributed by atoms with van der Waals surface area (Å²) in [4.78, 5) is 31.9. The molecule has 0 atom stereocenters. The molecule has 27 heavy (non-hydrogen) atoms. The van der Waals surface area contributed by atoms with E-state index in [4.69, 9.17) is 0 Å². The van der Waals surface area contributed by atoms with Crippen molar-refractivity contribution >= 4 is 16.8 Å². The van der Waals surface area contributed by atoms with Crippen LogP contribution in [0.5, 0.6) is 0 Å². The van der Waals surface area contributed by atoms with Gasteiger partial charge < -0.3 is 10.3 Å². The van der Waals surface area contributed by atoms with Gasteiger partial charge in [-0.3, -0.25) is 9.59 Å². The Morgan fingerprint density at radius 1 is 1.11 bits per heavy atom. The summed E-state index contributed by atoms with van der Waals surface area (Å²) in [7, 11) is 0. The lowest BCUT2D eigenvalue weighted by molar-refractivity contribution is -0.123. The number of aromatic nitrogens is 2. The third-order valence-electron chi connectivity index (χ3n) is 7.08. The average Bonchev–Trinajstić information content (AvgIpc) is 2.64. The molecule has 0 radical (unpaired) electrons. The topological polar surface area (TPSA) is 74.8 Å². The van der Waals surface area contributed by atoms with Crippen LogP contribution in [0.25, 0.3) is 10.9 Å². The largest absolute Gasteiger partial charge is 0.356 e. The number of nitrogens with zero attached hydrogens (tertiary/aromatic N) is 1. The van der Waals surface area contributed by atoms with E-state index in [1.54, 1.807) is 6.07 Å². The highest BCUT2D eigenvalue weighted by atomic mass is 16.1. The molecule has 2 aromatic rings. The van der Waals surface area contributed by atoms with E-state index in [0.29, 0.717) is 35.0 Å². The van der Waals surface area contributed by atoms with E-state index in [-0.39, 0.29) is 11.5 Å². The molecule has 4 saturated carbocycles. The smallest absolute Gasteiger partial charge is 0.258 e. The quantitative estimate of drug-likeness (QED) is 0.854. The normalized spacial score (nSPS) is 31.3. The summed E-state index contributed by atoms with van der Waals surface area (Å²) in [6.45, 7) is 0.830. The number of amides is 1. The van der Waals surface area contributed by atoms with Gasteiger partial charge >= 0.3 is 0 Å². The number of carbonyl (C=O) groups is 1. The van der Waals surface area contributed by atoms with Gasteiger partial charge in [-0.25, -0.2) is 4.98 Å². The van der Waals surface area contributed by atoms with Crippen molar-refractivity contribution in [2.75, 3.05) is 6.54 Å². The second-order valence-corrected chi connectivity index (χ2v) is 9.22. The Morgan fingerprint density at radius 3 is 2.48 bits per heavy atom. The molecule has 1 aromatic heterocycles. The zero-order valence-corrected chi connectivity index (χ0v) is 15.7. The number of benzene rings is 1. The van der Waals surface area contributed by atoms with E-state index in [0.717, 1.165) is 24.3 Å². The summed E-state index contributed by atoms with van der Waals surface area (Å²) < 4.78 is 0. The first kappa shape index (κ1) is 17.0. The van der Waals surface area contributed by atoms with Crippen LogP contribution >= 0.6 is 0 Å². The highest BCUT2D eigenvalue weighted by Gasteiger charge is 2.50. The average molecular weight is 365 g/mol. The molecule has 4 fully saturated rings. The van der Waals surface area contributed by atoms with E-state index in [1.807, 2.05) is 18.2 Å². The fourth-order valence-electron chi connectivity index (χ4n) is 6.37. The molecule has 1 amide bonds. The summed E-state index contributed by atoms with van der Waals surface area (Å²) in [5.41, 5.74) is 0.912. The zero-order chi connectivity index (χ0) is 18.4. The Balaban J connectivity index is 1.19. The predicted octanol–water partition coefficient (Wildman–Crippen LogP) is 3.19. The molecule has 0 unspecified atom stereocenters. The number of hydrogen-bond acceptors (Lipinski definition) is 3. The van der Waals surface area contributed by atoms with Crippen LogP contribution in [-0.2, 0) is 11.2 Å². The fourth-order valence-corrected chi connectivity index (χ4v) is 6.37. The minimum atomic E-state index is -0.135. The van der Waals surface area contributed by atoms with Gasteiger partial charge in [0.1, 0.15) is 5.82 Å². The molecule has 1 heterocycles. The van der Waals surface area contributed by atoms with Crippen molar-refractivity contribution in [1.29, 1.82) is 0 Å². The van der Waals surface area contributed by atoms with Gasteiger partial charge in [-0.1, -0.05) is 12.1 Å². The molecule has 4 aliphatic rings. The van der Waals surface area contributed by atoms with Crippen molar-refractivity contribution < 1.29 is 4.79 Å². The Kier molecular flexibility index (Phi) is 4.06. The van der Waals surface area contributed by atoms with E-state index >= 15 is 0 Å².